The van der Waals surface area contributed by atoms with E-state index in [0.717, 1.165) is 16.9 Å². The molecule has 0 radical (unpaired) electrons. The number of nitrogens with one attached hydrogen (secondary N) is 1. The average molecular weight is 292 g/mol. The predicted octanol–water partition coefficient (Wildman–Crippen LogP) is 3.12. The van der Waals surface area contributed by atoms with Crippen LogP contribution < -0.4 is 5.32 Å². The molecule has 2 aromatic carbocycles. The van der Waals surface area contributed by atoms with Crippen molar-refractivity contribution in [1.82, 2.24) is 14.9 Å². The van der Waals surface area contributed by atoms with Crippen molar-refractivity contribution in [3.05, 3.63) is 65.0 Å². The number of aryl methyl sites for hydroxylation is 1. The number of aromatic nitrogens is 2. The van der Waals surface area contributed by atoms with Crippen molar-refractivity contribution in [2.45, 2.75) is 25.4 Å². The van der Waals surface area contributed by atoms with Crippen LogP contribution in [0.3, 0.4) is 0 Å². The fourth-order valence-electron chi connectivity index (χ4n) is 3.80. The van der Waals surface area contributed by atoms with Crippen molar-refractivity contribution < 1.29 is 8.91 Å². The van der Waals surface area contributed by atoms with Gasteiger partial charge in [-0.25, -0.2) is 4.98 Å². The molecule has 4 nitrogen and oxygen atoms in total. The molecular formula is C18H15N3O. The first kappa shape index (κ1) is 9.41. The molecule has 0 spiro atoms. The summed E-state index contributed by atoms with van der Waals surface area (Å²) in [5.74, 6) is 0.567. The van der Waals surface area contributed by atoms with Crippen molar-refractivity contribution in [2.75, 3.05) is 0 Å². The summed E-state index contributed by atoms with van der Waals surface area (Å²) in [4.78, 5) is 17.4. The number of carbonyl (C=O) groups is 1. The molecule has 2 unspecified atom stereocenters. The third kappa shape index (κ3) is 1.37. The fourth-order valence-corrected chi connectivity index (χ4v) is 3.80. The summed E-state index contributed by atoms with van der Waals surface area (Å²) < 4.78 is 25.8. The zero-order valence-electron chi connectivity index (χ0n) is 14.7. The first-order valence-electron chi connectivity index (χ1n) is 8.86. The van der Waals surface area contributed by atoms with E-state index in [4.69, 9.17) is 4.11 Å². The molecule has 3 heterocycles. The van der Waals surface area contributed by atoms with Crippen molar-refractivity contribution in [2.24, 2.45) is 0 Å². The van der Waals surface area contributed by atoms with Crippen LogP contribution in [0, 0.1) is 6.85 Å². The van der Waals surface area contributed by atoms with E-state index in [1.54, 1.807) is 18.2 Å². The zero-order chi connectivity index (χ0) is 17.3. The Morgan fingerprint density at radius 3 is 3.09 bits per heavy atom. The molecule has 5 rings (SSSR count). The van der Waals surface area contributed by atoms with E-state index in [-0.39, 0.29) is 23.6 Å². The third-order valence-corrected chi connectivity index (χ3v) is 4.69. The highest BCUT2D eigenvalue weighted by Gasteiger charge is 2.40. The molecule has 4 heteroatoms. The maximum Gasteiger partial charge on any atom is 0.252 e. The van der Waals surface area contributed by atoms with Gasteiger partial charge in [0.05, 0.1) is 23.1 Å². The minimum absolute atomic E-state index is 0.207. The highest BCUT2D eigenvalue weighted by Crippen LogP contribution is 2.44. The van der Waals surface area contributed by atoms with E-state index < -0.39 is 6.85 Å². The number of hydrogen-bond acceptors (Lipinski definition) is 2. The van der Waals surface area contributed by atoms with Gasteiger partial charge >= 0.3 is 0 Å². The highest BCUT2D eigenvalue weighted by atomic mass is 16.1. The second-order valence-electron chi connectivity index (χ2n) is 5.87. The van der Waals surface area contributed by atoms with Crippen LogP contribution in [0.4, 0.5) is 0 Å². The lowest BCUT2D eigenvalue weighted by atomic mass is 9.94. The van der Waals surface area contributed by atoms with Crippen molar-refractivity contribution in [3.8, 4) is 0 Å². The van der Waals surface area contributed by atoms with Crippen LogP contribution in [0.25, 0.3) is 11.0 Å². The number of rotatable bonds is 0. The Hall–Kier alpha value is -2.62. The molecular weight excluding hydrogens is 274 g/mol. The number of carbonyl (C=O) groups excluding carboxylic acids is 1. The summed E-state index contributed by atoms with van der Waals surface area (Å²) in [5.41, 5.74) is 3.12. The lowest BCUT2D eigenvalue weighted by Crippen LogP contribution is -2.28. The normalized spacial score (nSPS) is 24.7. The van der Waals surface area contributed by atoms with E-state index in [2.05, 4.69) is 14.9 Å². The Morgan fingerprint density at radius 2 is 2.18 bits per heavy atom. The number of para-hydroxylation sites is 2. The van der Waals surface area contributed by atoms with Crippen LogP contribution >= 0.6 is 0 Å². The zero-order valence-corrected chi connectivity index (χ0v) is 11.7. The predicted molar refractivity (Wildman–Crippen MR) is 83.9 cm³/mol. The number of amides is 1. The quantitative estimate of drug-likeness (QED) is 0.692. The smallest absolute Gasteiger partial charge is 0.252 e. The van der Waals surface area contributed by atoms with Gasteiger partial charge in [0.15, 0.2) is 0 Å². The fraction of sp³-hybridized carbons (Fsp3) is 0.222. The molecule has 0 saturated carbocycles. The maximum absolute atomic E-state index is 12.7. The second-order valence-corrected chi connectivity index (χ2v) is 5.87. The van der Waals surface area contributed by atoms with Gasteiger partial charge < -0.3 is 9.88 Å². The SMILES string of the molecule is [2H]C([2H])([2H])c1cccc2c1C1CC(NC2=O)c2nc3ccccc3n21. The topological polar surface area (TPSA) is 46.9 Å². The molecule has 2 atom stereocenters. The second kappa shape index (κ2) is 3.97. The molecule has 22 heavy (non-hydrogen) atoms. The van der Waals surface area contributed by atoms with Crippen LogP contribution in [0.5, 0.6) is 0 Å². The summed E-state index contributed by atoms with van der Waals surface area (Å²) in [7, 11) is 0. The molecule has 3 aromatic rings. The Kier molecular flexibility index (Phi) is 1.70. The molecule has 0 aliphatic carbocycles. The molecule has 0 fully saturated rings. The minimum Gasteiger partial charge on any atom is -0.342 e. The lowest BCUT2D eigenvalue weighted by Gasteiger charge is -2.19. The van der Waals surface area contributed by atoms with E-state index in [1.807, 2.05) is 24.3 Å². The molecule has 0 saturated heterocycles. The summed E-state index contributed by atoms with van der Waals surface area (Å²) >= 11 is 0. The van der Waals surface area contributed by atoms with Crippen molar-refractivity contribution in [3.63, 3.8) is 0 Å². The molecule has 1 N–H and O–H groups in total. The van der Waals surface area contributed by atoms with Gasteiger partial charge in [0, 0.05) is 9.68 Å². The highest BCUT2D eigenvalue weighted by molar-refractivity contribution is 5.97. The number of hydrogen-bond donors (Lipinski definition) is 1. The lowest BCUT2D eigenvalue weighted by molar-refractivity contribution is 0.0938. The van der Waals surface area contributed by atoms with Crippen LogP contribution in [-0.2, 0) is 0 Å². The van der Waals surface area contributed by atoms with Crippen LogP contribution in [0.2, 0.25) is 0 Å². The largest absolute Gasteiger partial charge is 0.342 e. The Bertz CT molecular complexity index is 1040. The molecule has 108 valence electrons. The molecule has 1 aromatic heterocycles. The molecule has 2 aliphatic heterocycles. The number of fused-ring (bicyclic) bond motifs is 9. The van der Waals surface area contributed by atoms with Crippen molar-refractivity contribution >= 4 is 16.9 Å². The number of benzene rings is 2. The Balaban J connectivity index is 1.86. The first-order chi connectivity index (χ1) is 11.9. The van der Waals surface area contributed by atoms with Gasteiger partial charge in [-0.1, -0.05) is 24.3 Å². The van der Waals surface area contributed by atoms with Crippen LogP contribution in [-0.4, -0.2) is 15.5 Å². The van der Waals surface area contributed by atoms with Gasteiger partial charge in [-0.2, -0.15) is 0 Å². The summed E-state index contributed by atoms with van der Waals surface area (Å²) in [6, 6.07) is 12.3. The monoisotopic (exact) mass is 292 g/mol. The van der Waals surface area contributed by atoms with Crippen LogP contribution in [0.1, 0.15) is 49.9 Å². The molecule has 1 amide bonds. The van der Waals surface area contributed by atoms with Gasteiger partial charge in [-0.05, 0) is 42.6 Å². The van der Waals surface area contributed by atoms with Crippen LogP contribution in [0.15, 0.2) is 42.5 Å². The first-order valence-corrected chi connectivity index (χ1v) is 7.36. The van der Waals surface area contributed by atoms with Gasteiger partial charge in [-0.15, -0.1) is 0 Å². The average Bonchev–Trinajstić information content (AvgIpc) is 3.06. The molecule has 2 aliphatic rings. The third-order valence-electron chi connectivity index (χ3n) is 4.69. The summed E-state index contributed by atoms with van der Waals surface area (Å²) in [6.45, 7) is -2.27. The van der Waals surface area contributed by atoms with E-state index >= 15 is 0 Å². The molecule has 2 bridgehead atoms. The summed E-state index contributed by atoms with van der Waals surface area (Å²) in [5, 5.41) is 3.02. The van der Waals surface area contributed by atoms with E-state index in [0.29, 0.717) is 17.5 Å². The van der Waals surface area contributed by atoms with Gasteiger partial charge in [-0.3, -0.25) is 4.79 Å². The minimum atomic E-state index is -2.27. The van der Waals surface area contributed by atoms with Crippen molar-refractivity contribution in [1.29, 1.82) is 0 Å². The number of imidazole rings is 1. The van der Waals surface area contributed by atoms with E-state index in [9.17, 15) is 4.79 Å². The summed E-state index contributed by atoms with van der Waals surface area (Å²) in [6.07, 6.45) is 0.624. The van der Waals surface area contributed by atoms with E-state index in [1.165, 1.54) is 0 Å². The maximum atomic E-state index is 12.7. The van der Waals surface area contributed by atoms with Gasteiger partial charge in [0.1, 0.15) is 5.82 Å². The Morgan fingerprint density at radius 1 is 1.27 bits per heavy atom. The van der Waals surface area contributed by atoms with Gasteiger partial charge in [0.2, 0.25) is 0 Å². The number of nitrogens with zero attached hydrogens (tertiary/aromatic N) is 2. The van der Waals surface area contributed by atoms with Gasteiger partial charge in [0.25, 0.3) is 5.91 Å². The standard InChI is InChI=1S/C18H15N3O/c1-10-5-4-6-11-16(10)15-9-13(20-18(11)22)17-19-12-7-2-3-8-14(12)21(15)17/h2-8,13,15H,9H2,1H3,(H,20,22)/i1D3. The Labute approximate surface area is 132 Å².